The number of halogens is 2. The quantitative estimate of drug-likeness (QED) is 0.310. The normalized spacial score (nSPS) is 14.9. The minimum Gasteiger partial charge on any atom is -0.486 e. The third kappa shape index (κ3) is 5.92. The number of anilines is 1. The highest BCUT2D eigenvalue weighted by atomic mass is 35.5. The third-order valence-corrected chi connectivity index (χ3v) is 7.70. The zero-order valence-electron chi connectivity index (χ0n) is 20.6. The van der Waals surface area contributed by atoms with Gasteiger partial charge in [0.25, 0.3) is 5.56 Å². The molecule has 0 unspecified atom stereocenters. The molecule has 0 bridgehead atoms. The largest absolute Gasteiger partial charge is 0.486 e. The standard InChI is InChI=1S/C26H28ClFN6O2S/c1-15(2)34-9-6-16(7-10-34)12-30-26-31-21(14-37-26)24-23-18(5-8-29-24)25(35)33-22(32-23)13-36-17-3-4-20(28)19(27)11-17/h3-5,8,11,14-16H,6-7,9-10,12-13H2,1-2H3,(H,30,31)(H,32,33,35). The highest BCUT2D eigenvalue weighted by Gasteiger charge is 2.21. The Bertz CT molecular complexity index is 1450. The number of pyridine rings is 1. The minimum atomic E-state index is -0.532. The first kappa shape index (κ1) is 25.6. The molecule has 4 aromatic rings. The molecule has 0 saturated carbocycles. The molecule has 0 atom stereocenters. The molecule has 11 heteroatoms. The van der Waals surface area contributed by atoms with Gasteiger partial charge in [-0.05, 0) is 63.9 Å². The number of ether oxygens (including phenoxy) is 1. The van der Waals surface area contributed by atoms with Crippen LogP contribution in [0.3, 0.4) is 0 Å². The van der Waals surface area contributed by atoms with Crippen molar-refractivity contribution in [3.05, 3.63) is 62.9 Å². The van der Waals surface area contributed by atoms with Crippen LogP contribution in [0, 0.1) is 11.7 Å². The molecule has 5 rings (SSSR count). The summed E-state index contributed by atoms with van der Waals surface area (Å²) < 4.78 is 19.1. The highest BCUT2D eigenvalue weighted by Crippen LogP contribution is 2.28. The fraction of sp³-hybridized carbons (Fsp3) is 0.385. The Morgan fingerprint density at radius 3 is 2.84 bits per heavy atom. The average Bonchev–Trinajstić information content (AvgIpc) is 3.37. The number of fused-ring (bicyclic) bond motifs is 1. The molecule has 0 radical (unpaired) electrons. The summed E-state index contributed by atoms with van der Waals surface area (Å²) in [6.45, 7) is 7.62. The first-order valence-corrected chi connectivity index (χ1v) is 13.5. The predicted octanol–water partition coefficient (Wildman–Crippen LogP) is 5.35. The van der Waals surface area contributed by atoms with Crippen molar-refractivity contribution in [1.29, 1.82) is 0 Å². The van der Waals surface area contributed by atoms with E-state index in [0.29, 0.717) is 45.8 Å². The van der Waals surface area contributed by atoms with Crippen LogP contribution >= 0.6 is 22.9 Å². The van der Waals surface area contributed by atoms with E-state index < -0.39 is 5.82 Å². The van der Waals surface area contributed by atoms with Gasteiger partial charge in [-0.2, -0.15) is 0 Å². The molecule has 0 aliphatic carbocycles. The summed E-state index contributed by atoms with van der Waals surface area (Å²) in [6, 6.07) is 6.28. The van der Waals surface area contributed by atoms with Crippen molar-refractivity contribution in [2.75, 3.05) is 25.0 Å². The number of nitrogens with one attached hydrogen (secondary N) is 2. The van der Waals surface area contributed by atoms with E-state index in [9.17, 15) is 9.18 Å². The van der Waals surface area contributed by atoms with Crippen molar-refractivity contribution in [1.82, 2.24) is 24.8 Å². The highest BCUT2D eigenvalue weighted by molar-refractivity contribution is 7.14. The van der Waals surface area contributed by atoms with E-state index in [0.717, 1.165) is 24.8 Å². The van der Waals surface area contributed by atoms with Crippen LogP contribution in [0.2, 0.25) is 5.02 Å². The SMILES string of the molecule is CC(C)N1CCC(CNc2nc(-c3nccc4c(=O)[nH]c(COc5ccc(F)c(Cl)c5)nc34)cs2)CC1. The lowest BCUT2D eigenvalue weighted by molar-refractivity contribution is 0.154. The molecule has 37 heavy (non-hydrogen) atoms. The molecule has 1 aliphatic rings. The molecule has 8 nitrogen and oxygen atoms in total. The lowest BCUT2D eigenvalue weighted by Gasteiger charge is -2.34. The number of piperidine rings is 1. The van der Waals surface area contributed by atoms with E-state index in [1.165, 1.54) is 42.4 Å². The second kappa shape index (κ2) is 11.1. The molecule has 2 N–H and O–H groups in total. The second-order valence-electron chi connectivity index (χ2n) is 9.42. The van der Waals surface area contributed by atoms with Gasteiger partial charge in [-0.3, -0.25) is 9.78 Å². The number of hydrogen-bond acceptors (Lipinski definition) is 8. The molecule has 4 heterocycles. The molecular formula is C26H28ClFN6O2S. The molecule has 0 spiro atoms. The number of thiazole rings is 1. The van der Waals surface area contributed by atoms with Crippen molar-refractivity contribution in [3.8, 4) is 17.1 Å². The molecule has 1 aliphatic heterocycles. The summed E-state index contributed by atoms with van der Waals surface area (Å²) in [7, 11) is 0. The van der Waals surface area contributed by atoms with E-state index in [1.807, 2.05) is 5.38 Å². The van der Waals surface area contributed by atoms with Crippen LogP contribution in [0.4, 0.5) is 9.52 Å². The Hall–Kier alpha value is -3.08. The third-order valence-electron chi connectivity index (χ3n) is 6.61. The summed E-state index contributed by atoms with van der Waals surface area (Å²) in [5, 5.41) is 6.60. The van der Waals surface area contributed by atoms with Gasteiger partial charge in [-0.15, -0.1) is 11.3 Å². The maximum Gasteiger partial charge on any atom is 0.258 e. The Kier molecular flexibility index (Phi) is 7.68. The van der Waals surface area contributed by atoms with Crippen LogP contribution in [0.25, 0.3) is 22.3 Å². The molecule has 3 aromatic heterocycles. The van der Waals surface area contributed by atoms with Crippen molar-refractivity contribution in [2.45, 2.75) is 39.3 Å². The first-order valence-electron chi connectivity index (χ1n) is 12.3. The lowest BCUT2D eigenvalue weighted by Crippen LogP contribution is -2.39. The number of H-pyrrole nitrogens is 1. The topological polar surface area (TPSA) is 96.0 Å². The number of nitrogens with zero attached hydrogens (tertiary/aromatic N) is 4. The van der Waals surface area contributed by atoms with E-state index in [4.69, 9.17) is 21.3 Å². The number of benzene rings is 1. The summed E-state index contributed by atoms with van der Waals surface area (Å²) in [5.74, 6) is 0.770. The van der Waals surface area contributed by atoms with Crippen molar-refractivity contribution >= 4 is 39.0 Å². The van der Waals surface area contributed by atoms with Gasteiger partial charge in [0, 0.05) is 30.2 Å². The monoisotopic (exact) mass is 542 g/mol. The van der Waals surface area contributed by atoms with Gasteiger partial charge in [0.05, 0.1) is 10.4 Å². The Morgan fingerprint density at radius 1 is 1.27 bits per heavy atom. The minimum absolute atomic E-state index is 0.0268. The maximum atomic E-state index is 13.4. The summed E-state index contributed by atoms with van der Waals surface area (Å²) in [4.78, 5) is 31.8. The smallest absolute Gasteiger partial charge is 0.258 e. The van der Waals surface area contributed by atoms with Crippen molar-refractivity contribution < 1.29 is 9.13 Å². The van der Waals surface area contributed by atoms with E-state index in [1.54, 1.807) is 12.3 Å². The number of hydrogen-bond donors (Lipinski definition) is 2. The van der Waals surface area contributed by atoms with Gasteiger partial charge >= 0.3 is 0 Å². The first-order chi connectivity index (χ1) is 17.9. The van der Waals surface area contributed by atoms with Crippen molar-refractivity contribution in [3.63, 3.8) is 0 Å². The zero-order valence-corrected chi connectivity index (χ0v) is 22.2. The average molecular weight is 543 g/mol. The lowest BCUT2D eigenvalue weighted by atomic mass is 9.96. The fourth-order valence-electron chi connectivity index (χ4n) is 4.45. The van der Waals surface area contributed by atoms with Crippen LogP contribution < -0.4 is 15.6 Å². The summed E-state index contributed by atoms with van der Waals surface area (Å²) in [6.07, 6.45) is 3.94. The maximum absolute atomic E-state index is 13.4. The Labute approximate surface area is 222 Å². The summed E-state index contributed by atoms with van der Waals surface area (Å²) >= 11 is 7.33. The number of likely N-dealkylation sites (tertiary alicyclic amines) is 1. The fourth-order valence-corrected chi connectivity index (χ4v) is 5.33. The van der Waals surface area contributed by atoms with Crippen LogP contribution in [0.5, 0.6) is 5.75 Å². The van der Waals surface area contributed by atoms with Gasteiger partial charge in [-0.1, -0.05) is 11.6 Å². The van der Waals surface area contributed by atoms with E-state index in [-0.39, 0.29) is 17.2 Å². The number of aromatic nitrogens is 4. The van der Waals surface area contributed by atoms with Gasteiger partial charge in [-0.25, -0.2) is 14.4 Å². The summed E-state index contributed by atoms with van der Waals surface area (Å²) in [5.41, 5.74) is 1.33. The molecule has 194 valence electrons. The van der Waals surface area contributed by atoms with Gasteiger partial charge < -0.3 is 19.9 Å². The van der Waals surface area contributed by atoms with Crippen LogP contribution in [0.1, 0.15) is 32.5 Å². The van der Waals surface area contributed by atoms with E-state index >= 15 is 0 Å². The zero-order chi connectivity index (χ0) is 25.9. The van der Waals surface area contributed by atoms with Crippen LogP contribution in [-0.2, 0) is 6.61 Å². The van der Waals surface area contributed by atoms with Gasteiger partial charge in [0.15, 0.2) is 5.13 Å². The van der Waals surface area contributed by atoms with Gasteiger partial charge in [0.2, 0.25) is 0 Å². The van der Waals surface area contributed by atoms with Crippen LogP contribution in [0.15, 0.2) is 40.6 Å². The Morgan fingerprint density at radius 2 is 2.08 bits per heavy atom. The number of aromatic amines is 1. The van der Waals surface area contributed by atoms with Crippen LogP contribution in [-0.4, -0.2) is 50.5 Å². The predicted molar refractivity (Wildman–Crippen MR) is 145 cm³/mol. The van der Waals surface area contributed by atoms with Crippen molar-refractivity contribution in [2.24, 2.45) is 5.92 Å². The number of rotatable bonds is 8. The Balaban J connectivity index is 1.31. The molecule has 1 fully saturated rings. The van der Waals surface area contributed by atoms with E-state index in [2.05, 4.69) is 39.0 Å². The molecule has 1 aromatic carbocycles. The molecular weight excluding hydrogens is 515 g/mol. The molecule has 0 amide bonds. The molecule has 1 saturated heterocycles. The van der Waals surface area contributed by atoms with Gasteiger partial charge in [0.1, 0.15) is 40.9 Å². The second-order valence-corrected chi connectivity index (χ2v) is 10.7.